The minimum atomic E-state index is -1.08. The number of nitrogens with one attached hydrogen (secondary N) is 1. The molecule has 110 valence electrons. The van der Waals surface area contributed by atoms with E-state index >= 15 is 0 Å². The van der Waals surface area contributed by atoms with Gasteiger partial charge in [0.05, 0.1) is 0 Å². The van der Waals surface area contributed by atoms with Crippen LogP contribution in [0.3, 0.4) is 0 Å². The van der Waals surface area contributed by atoms with E-state index in [-0.39, 0.29) is 18.7 Å². The van der Waals surface area contributed by atoms with E-state index in [0.29, 0.717) is 17.4 Å². The summed E-state index contributed by atoms with van der Waals surface area (Å²) < 4.78 is 5.02. The van der Waals surface area contributed by atoms with E-state index < -0.39 is 12.0 Å². The number of nitrogens with zero attached hydrogens (tertiary/aromatic N) is 3. The first-order chi connectivity index (χ1) is 10.1. The molecule has 1 atom stereocenters. The van der Waals surface area contributed by atoms with Crippen LogP contribution in [-0.4, -0.2) is 38.1 Å². The lowest BCUT2D eigenvalue weighted by Gasteiger charge is -2.07. The number of carbonyl (C=O) groups excluding carboxylic acids is 1. The number of carboxylic acids is 1. The maximum absolute atomic E-state index is 11.5. The van der Waals surface area contributed by atoms with Crippen LogP contribution in [0.5, 0.6) is 0 Å². The highest BCUT2D eigenvalue weighted by Crippen LogP contribution is 2.12. The lowest BCUT2D eigenvalue weighted by Crippen LogP contribution is -2.38. The van der Waals surface area contributed by atoms with Gasteiger partial charge in [0.15, 0.2) is 0 Å². The van der Waals surface area contributed by atoms with Crippen molar-refractivity contribution in [2.45, 2.75) is 25.8 Å². The van der Waals surface area contributed by atoms with E-state index in [4.69, 9.17) is 9.63 Å². The topological polar surface area (TPSA) is 118 Å². The van der Waals surface area contributed by atoms with Crippen molar-refractivity contribution in [3.8, 4) is 11.5 Å². The van der Waals surface area contributed by atoms with E-state index in [0.717, 1.165) is 0 Å². The van der Waals surface area contributed by atoms with Crippen molar-refractivity contribution in [1.82, 2.24) is 20.4 Å². The van der Waals surface area contributed by atoms with Crippen LogP contribution in [0.25, 0.3) is 11.5 Å². The smallest absolute Gasteiger partial charge is 0.325 e. The van der Waals surface area contributed by atoms with Gasteiger partial charge < -0.3 is 14.9 Å². The Morgan fingerprint density at radius 1 is 1.43 bits per heavy atom. The van der Waals surface area contributed by atoms with E-state index in [1.807, 2.05) is 0 Å². The third-order valence-corrected chi connectivity index (χ3v) is 2.68. The van der Waals surface area contributed by atoms with E-state index in [2.05, 4.69) is 20.4 Å². The number of hydrogen-bond donors (Lipinski definition) is 2. The van der Waals surface area contributed by atoms with Gasteiger partial charge in [-0.2, -0.15) is 4.98 Å². The summed E-state index contributed by atoms with van der Waals surface area (Å²) in [5.74, 6) is -0.820. The summed E-state index contributed by atoms with van der Waals surface area (Å²) in [7, 11) is 0. The molecule has 2 N–H and O–H groups in total. The maximum atomic E-state index is 11.5. The fraction of sp³-hybridized carbons (Fsp3) is 0.308. The van der Waals surface area contributed by atoms with Gasteiger partial charge in [-0.3, -0.25) is 14.6 Å². The average molecular weight is 290 g/mol. The summed E-state index contributed by atoms with van der Waals surface area (Å²) >= 11 is 0. The molecule has 2 aromatic heterocycles. The maximum Gasteiger partial charge on any atom is 0.325 e. The van der Waals surface area contributed by atoms with Gasteiger partial charge in [0.25, 0.3) is 0 Å². The molecular formula is C13H14N4O4. The number of carbonyl (C=O) groups is 2. The van der Waals surface area contributed by atoms with Gasteiger partial charge in [0.2, 0.25) is 17.6 Å². The van der Waals surface area contributed by atoms with Gasteiger partial charge in [0, 0.05) is 19.0 Å². The number of aromatic nitrogens is 3. The molecule has 0 fully saturated rings. The lowest BCUT2D eigenvalue weighted by atomic mass is 10.2. The summed E-state index contributed by atoms with van der Waals surface area (Å²) in [6, 6.07) is 4.40. The fourth-order valence-corrected chi connectivity index (χ4v) is 1.55. The molecule has 8 nitrogen and oxygen atoms in total. The van der Waals surface area contributed by atoms with Crippen molar-refractivity contribution in [3.63, 3.8) is 0 Å². The first kappa shape index (κ1) is 14.6. The van der Waals surface area contributed by atoms with Gasteiger partial charge in [0.1, 0.15) is 11.7 Å². The second-order valence-corrected chi connectivity index (χ2v) is 4.35. The van der Waals surface area contributed by atoms with Crippen molar-refractivity contribution < 1.29 is 19.2 Å². The van der Waals surface area contributed by atoms with Gasteiger partial charge >= 0.3 is 5.97 Å². The zero-order valence-electron chi connectivity index (χ0n) is 11.3. The molecule has 8 heteroatoms. The molecule has 0 unspecified atom stereocenters. The number of amides is 1. The van der Waals surface area contributed by atoms with Crippen LogP contribution in [-0.2, 0) is 16.0 Å². The Morgan fingerprint density at radius 2 is 2.24 bits per heavy atom. The molecule has 0 bridgehead atoms. The van der Waals surface area contributed by atoms with Crippen molar-refractivity contribution in [2.75, 3.05) is 0 Å². The van der Waals surface area contributed by atoms with Crippen LogP contribution < -0.4 is 5.32 Å². The predicted molar refractivity (Wildman–Crippen MR) is 71.1 cm³/mol. The number of aryl methyl sites for hydroxylation is 1. The largest absolute Gasteiger partial charge is 0.480 e. The van der Waals surface area contributed by atoms with Crippen molar-refractivity contribution in [1.29, 1.82) is 0 Å². The molecule has 0 saturated heterocycles. The van der Waals surface area contributed by atoms with E-state index in [1.165, 1.54) is 6.92 Å². The number of pyridine rings is 1. The second-order valence-electron chi connectivity index (χ2n) is 4.35. The quantitative estimate of drug-likeness (QED) is 0.801. The monoisotopic (exact) mass is 290 g/mol. The van der Waals surface area contributed by atoms with E-state index in [9.17, 15) is 9.59 Å². The molecule has 0 aliphatic carbocycles. The summed E-state index contributed by atoms with van der Waals surface area (Å²) in [4.78, 5) is 30.4. The Kier molecular flexibility index (Phi) is 4.60. The van der Waals surface area contributed by atoms with Gasteiger partial charge in [-0.1, -0.05) is 11.2 Å². The summed E-state index contributed by atoms with van der Waals surface area (Å²) in [5, 5.41) is 14.8. The van der Waals surface area contributed by atoms with Crippen LogP contribution in [0.4, 0.5) is 0 Å². The minimum absolute atomic E-state index is 0.0709. The lowest BCUT2D eigenvalue weighted by molar-refractivity contribution is -0.141. The third kappa shape index (κ3) is 4.10. The molecule has 0 radical (unpaired) electrons. The molecule has 0 saturated carbocycles. The Hall–Kier alpha value is -2.77. The molecule has 0 aliphatic heterocycles. The highest BCUT2D eigenvalue weighted by Gasteiger charge is 2.15. The predicted octanol–water partition coefficient (Wildman–Crippen LogP) is 0.654. The molecule has 0 aliphatic rings. The fourth-order valence-electron chi connectivity index (χ4n) is 1.55. The van der Waals surface area contributed by atoms with Crippen LogP contribution in [0, 0.1) is 0 Å². The summed E-state index contributed by atoms with van der Waals surface area (Å²) in [6.45, 7) is 1.39. The van der Waals surface area contributed by atoms with Gasteiger partial charge in [-0.15, -0.1) is 0 Å². The average Bonchev–Trinajstić information content (AvgIpc) is 2.95. The van der Waals surface area contributed by atoms with Crippen molar-refractivity contribution >= 4 is 11.9 Å². The second kappa shape index (κ2) is 6.60. The molecule has 2 heterocycles. The number of aliphatic carboxylic acids is 1. The molecule has 2 aromatic rings. The highest BCUT2D eigenvalue weighted by molar-refractivity contribution is 5.83. The SMILES string of the molecule is C[C@@H](NC(=O)CCc1nc(-c2ccccn2)no1)C(=O)O. The minimum Gasteiger partial charge on any atom is -0.480 e. The summed E-state index contributed by atoms with van der Waals surface area (Å²) in [6.07, 6.45) is 1.92. The van der Waals surface area contributed by atoms with Crippen LogP contribution >= 0.6 is 0 Å². The Balaban J connectivity index is 1.89. The molecule has 21 heavy (non-hydrogen) atoms. The Bertz CT molecular complexity index is 626. The summed E-state index contributed by atoms with van der Waals surface area (Å²) in [5.41, 5.74) is 0.580. The van der Waals surface area contributed by atoms with Gasteiger partial charge in [-0.05, 0) is 19.1 Å². The van der Waals surface area contributed by atoms with Crippen molar-refractivity contribution in [2.24, 2.45) is 0 Å². The number of hydrogen-bond acceptors (Lipinski definition) is 6. The molecule has 0 spiro atoms. The van der Waals surface area contributed by atoms with Crippen LogP contribution in [0.2, 0.25) is 0 Å². The van der Waals surface area contributed by atoms with Crippen LogP contribution in [0.15, 0.2) is 28.9 Å². The third-order valence-electron chi connectivity index (χ3n) is 2.68. The Labute approximate surface area is 120 Å². The molecule has 0 aromatic carbocycles. The van der Waals surface area contributed by atoms with E-state index in [1.54, 1.807) is 24.4 Å². The zero-order valence-corrected chi connectivity index (χ0v) is 11.3. The first-order valence-electron chi connectivity index (χ1n) is 6.32. The zero-order chi connectivity index (χ0) is 15.2. The van der Waals surface area contributed by atoms with Crippen LogP contribution in [0.1, 0.15) is 19.2 Å². The number of carboxylic acid groups (broad SMARTS) is 1. The van der Waals surface area contributed by atoms with Crippen molar-refractivity contribution in [3.05, 3.63) is 30.3 Å². The van der Waals surface area contributed by atoms with Gasteiger partial charge in [-0.25, -0.2) is 0 Å². The standard InChI is InChI=1S/C13H14N4O4/c1-8(13(19)20)15-10(18)5-6-11-16-12(17-21-11)9-4-2-3-7-14-9/h2-4,7-8H,5-6H2,1H3,(H,15,18)(H,19,20)/t8-/m1/s1. The first-order valence-corrected chi connectivity index (χ1v) is 6.32. The Morgan fingerprint density at radius 3 is 2.90 bits per heavy atom. The molecule has 1 amide bonds. The highest BCUT2D eigenvalue weighted by atomic mass is 16.5. The molecule has 2 rings (SSSR count). The number of rotatable bonds is 6. The molecular weight excluding hydrogens is 276 g/mol. The normalized spacial score (nSPS) is 11.9.